The van der Waals surface area contributed by atoms with Gasteiger partial charge in [0.1, 0.15) is 17.3 Å². The highest BCUT2D eigenvalue weighted by Crippen LogP contribution is 2.65. The fraction of sp³-hybridized carbons (Fsp3) is 0.306. The molecule has 3 aromatic rings. The van der Waals surface area contributed by atoms with Gasteiger partial charge in [0.2, 0.25) is 11.8 Å². The molecule has 4 amide bonds. The Balaban J connectivity index is 1.44. The largest absolute Gasteiger partial charge is 0.508 e. The number of hydrazine groups is 1. The van der Waals surface area contributed by atoms with Gasteiger partial charge in [-0.05, 0) is 66.8 Å². The lowest BCUT2D eigenvalue weighted by molar-refractivity contribution is -0.143. The van der Waals surface area contributed by atoms with Crippen molar-refractivity contribution < 1.29 is 43.3 Å². The van der Waals surface area contributed by atoms with Crippen LogP contribution < -0.4 is 10.2 Å². The predicted molar refractivity (Wildman–Crippen MR) is 173 cm³/mol. The lowest BCUT2D eigenvalue weighted by Gasteiger charge is -2.50. The van der Waals surface area contributed by atoms with E-state index in [0.29, 0.717) is 27.5 Å². The van der Waals surface area contributed by atoms with Gasteiger partial charge in [0, 0.05) is 29.1 Å². The molecular weight excluding hydrogens is 657 g/mol. The van der Waals surface area contributed by atoms with Crippen LogP contribution in [0.15, 0.2) is 78.4 Å². The van der Waals surface area contributed by atoms with Crippen LogP contribution in [-0.4, -0.2) is 63.4 Å². The first-order valence-corrected chi connectivity index (χ1v) is 16.2. The Morgan fingerprint density at radius 2 is 1.71 bits per heavy atom. The average Bonchev–Trinajstić information content (AvgIpc) is 3.45. The number of benzene rings is 3. The smallest absolute Gasteiger partial charge is 0.305 e. The first-order chi connectivity index (χ1) is 23.5. The number of carbonyl (C=O) groups excluding carboxylic acids is 4. The highest BCUT2D eigenvalue weighted by atomic mass is 35.5. The Labute approximate surface area is 284 Å². The molecule has 0 spiro atoms. The Hall–Kier alpha value is -5.23. The minimum Gasteiger partial charge on any atom is -0.508 e. The van der Waals surface area contributed by atoms with E-state index in [0.717, 1.165) is 9.91 Å². The van der Waals surface area contributed by atoms with Crippen LogP contribution in [0, 0.1) is 29.5 Å². The molecule has 6 atom stereocenters. The Morgan fingerprint density at radius 1 is 1.00 bits per heavy atom. The molecule has 252 valence electrons. The van der Waals surface area contributed by atoms with Gasteiger partial charge >= 0.3 is 5.97 Å². The number of allylic oxidation sites excluding steroid dienone is 2. The van der Waals surface area contributed by atoms with Crippen LogP contribution in [0.4, 0.5) is 10.1 Å². The number of carboxylic acid groups (broad SMARTS) is 1. The van der Waals surface area contributed by atoms with E-state index in [9.17, 15) is 33.8 Å². The molecule has 2 aliphatic carbocycles. The van der Waals surface area contributed by atoms with Crippen molar-refractivity contribution in [2.75, 3.05) is 19.1 Å². The Bertz CT molecular complexity index is 1930. The topological polar surface area (TPSA) is 154 Å². The number of rotatable bonds is 8. The molecule has 7 rings (SSSR count). The van der Waals surface area contributed by atoms with Gasteiger partial charge < -0.3 is 14.9 Å². The number of nitrogens with one attached hydrogen (secondary N) is 1. The van der Waals surface area contributed by atoms with Crippen molar-refractivity contribution in [1.29, 1.82) is 0 Å². The lowest BCUT2D eigenvalue weighted by atomic mass is 9.49. The molecule has 0 aromatic heterocycles. The summed E-state index contributed by atoms with van der Waals surface area (Å²) in [6.45, 7) is -0.282. The molecule has 2 aliphatic heterocycles. The van der Waals surface area contributed by atoms with Gasteiger partial charge in [-0.3, -0.25) is 34.3 Å². The maximum Gasteiger partial charge on any atom is 0.305 e. The number of carbonyl (C=O) groups is 5. The van der Waals surface area contributed by atoms with Gasteiger partial charge in [0.15, 0.2) is 0 Å². The van der Waals surface area contributed by atoms with E-state index >= 15 is 4.79 Å². The van der Waals surface area contributed by atoms with E-state index in [4.69, 9.17) is 16.3 Å². The van der Waals surface area contributed by atoms with Gasteiger partial charge in [0.05, 0.1) is 42.4 Å². The highest BCUT2D eigenvalue weighted by Gasteiger charge is 2.70. The second kappa shape index (κ2) is 12.0. The van der Waals surface area contributed by atoms with Crippen molar-refractivity contribution in [2.24, 2.45) is 23.7 Å². The first kappa shape index (κ1) is 32.3. The zero-order valence-electron chi connectivity index (χ0n) is 26.1. The van der Waals surface area contributed by atoms with Crippen LogP contribution in [-0.2, 0) is 29.4 Å². The van der Waals surface area contributed by atoms with Crippen molar-refractivity contribution in [1.82, 2.24) is 9.91 Å². The van der Waals surface area contributed by atoms with E-state index in [1.165, 1.54) is 37.4 Å². The summed E-state index contributed by atoms with van der Waals surface area (Å²) in [6.07, 6.45) is 1.55. The van der Waals surface area contributed by atoms with Gasteiger partial charge in [-0.15, -0.1) is 0 Å². The zero-order valence-corrected chi connectivity index (χ0v) is 26.9. The van der Waals surface area contributed by atoms with Crippen LogP contribution in [0.3, 0.4) is 0 Å². The third-order valence-electron chi connectivity index (χ3n) is 10.4. The van der Waals surface area contributed by atoms with Gasteiger partial charge in [-0.1, -0.05) is 41.4 Å². The number of aliphatic carboxylic acids is 1. The van der Waals surface area contributed by atoms with Crippen LogP contribution in [0.2, 0.25) is 5.02 Å². The molecule has 0 radical (unpaired) electrons. The van der Waals surface area contributed by atoms with E-state index in [1.807, 2.05) is 6.08 Å². The number of hydrogen-bond donors (Lipinski definition) is 3. The molecule has 2 heterocycles. The number of methoxy groups -OCH3 is 1. The number of amides is 4. The SMILES string of the molecule is COc1ccc(C2C3=CCC4C(=O)N(CCC(=O)O)C(=O)C4C3CC3C(=O)N(Nc4ccc(F)cc4)C(=O)C32c2ccc(Cl)cc2)c(O)c1. The second-order valence-corrected chi connectivity index (χ2v) is 13.2. The van der Waals surface area contributed by atoms with Crippen LogP contribution in [0.25, 0.3) is 0 Å². The number of nitrogens with zero attached hydrogens (tertiary/aromatic N) is 2. The maximum absolute atomic E-state index is 15.1. The highest BCUT2D eigenvalue weighted by molar-refractivity contribution is 6.30. The number of phenolic OH excluding ortho intramolecular Hbond substituents is 1. The number of phenols is 1. The van der Waals surface area contributed by atoms with E-state index < -0.39 is 76.8 Å². The van der Waals surface area contributed by atoms with Crippen LogP contribution in [0.5, 0.6) is 11.5 Å². The molecule has 4 aliphatic rings. The van der Waals surface area contributed by atoms with Gasteiger partial charge in [-0.2, -0.15) is 5.01 Å². The van der Waals surface area contributed by atoms with Gasteiger partial charge in [0.25, 0.3) is 11.8 Å². The Morgan fingerprint density at radius 3 is 2.37 bits per heavy atom. The number of fused-ring (bicyclic) bond motifs is 4. The number of imide groups is 2. The molecule has 13 heteroatoms. The fourth-order valence-corrected chi connectivity index (χ4v) is 8.51. The van der Waals surface area contributed by atoms with Crippen molar-refractivity contribution in [3.05, 3.63) is 100 Å². The molecule has 2 saturated heterocycles. The summed E-state index contributed by atoms with van der Waals surface area (Å²) < 4.78 is 19.1. The van der Waals surface area contributed by atoms with Crippen molar-refractivity contribution in [3.63, 3.8) is 0 Å². The average molecular weight is 688 g/mol. The summed E-state index contributed by atoms with van der Waals surface area (Å²) in [5, 5.41) is 22.1. The predicted octanol–water partition coefficient (Wildman–Crippen LogP) is 4.65. The molecule has 0 bridgehead atoms. The maximum atomic E-state index is 15.1. The first-order valence-electron chi connectivity index (χ1n) is 15.8. The molecule has 11 nitrogen and oxygen atoms in total. The third-order valence-corrected chi connectivity index (χ3v) is 10.7. The molecule has 49 heavy (non-hydrogen) atoms. The number of aromatic hydroxyl groups is 1. The monoisotopic (exact) mass is 687 g/mol. The van der Waals surface area contributed by atoms with E-state index in [1.54, 1.807) is 36.4 Å². The standard InChI is InChI=1S/C36H31ClFN3O8/c1-49-22-10-11-24(28(42)16-22)31-23-12-13-25-30(34(47)40(32(25)45)15-14-29(43)44)26(23)17-27-33(46)41(39-21-8-6-20(38)7-9-21)35(48)36(27,31)18-2-4-19(37)5-3-18/h2-12,16,25-27,30-31,39,42H,13-15,17H2,1H3,(H,43,44). The zero-order chi connectivity index (χ0) is 34.8. The summed E-state index contributed by atoms with van der Waals surface area (Å²) in [5.74, 6) is -8.25. The molecule has 3 N–H and O–H groups in total. The number of ether oxygens (including phenoxy) is 1. The van der Waals surface area contributed by atoms with Crippen molar-refractivity contribution in [3.8, 4) is 11.5 Å². The number of anilines is 1. The minimum absolute atomic E-state index is 0.000997. The molecule has 3 fully saturated rings. The second-order valence-electron chi connectivity index (χ2n) is 12.8. The van der Waals surface area contributed by atoms with Crippen LogP contribution >= 0.6 is 11.6 Å². The minimum atomic E-state index is -1.66. The fourth-order valence-electron chi connectivity index (χ4n) is 8.39. The number of carboxylic acids is 1. The van der Waals surface area contributed by atoms with Crippen molar-refractivity contribution >= 4 is 46.9 Å². The number of halogens is 2. The summed E-state index contributed by atoms with van der Waals surface area (Å²) in [4.78, 5) is 69.5. The van der Waals surface area contributed by atoms with Gasteiger partial charge in [-0.25, -0.2) is 4.39 Å². The van der Waals surface area contributed by atoms with E-state index in [-0.39, 0.29) is 30.8 Å². The third kappa shape index (κ3) is 4.96. The normalized spacial score (nSPS) is 27.4. The summed E-state index contributed by atoms with van der Waals surface area (Å²) in [7, 11) is 1.44. The van der Waals surface area contributed by atoms with Crippen molar-refractivity contribution in [2.45, 2.75) is 30.6 Å². The summed E-state index contributed by atoms with van der Waals surface area (Å²) >= 11 is 6.30. The molecule has 1 saturated carbocycles. The summed E-state index contributed by atoms with van der Waals surface area (Å²) in [5.41, 5.74) is 2.84. The quantitative estimate of drug-likeness (QED) is 0.227. The molecule has 3 aromatic carbocycles. The number of hydrogen-bond acceptors (Lipinski definition) is 8. The van der Waals surface area contributed by atoms with Crippen LogP contribution in [0.1, 0.15) is 36.3 Å². The molecular formula is C36H31ClFN3O8. The number of likely N-dealkylation sites (tertiary alicyclic amines) is 1. The summed E-state index contributed by atoms with van der Waals surface area (Å²) in [6, 6.07) is 16.4. The molecule has 6 unspecified atom stereocenters. The van der Waals surface area contributed by atoms with E-state index in [2.05, 4.69) is 5.43 Å². The Kier molecular flexibility index (Phi) is 7.93. The lowest BCUT2D eigenvalue weighted by Crippen LogP contribution is -2.53.